The van der Waals surface area contributed by atoms with E-state index in [1.807, 2.05) is 82.3 Å². The Kier molecular flexibility index (Phi) is 10.6. The highest BCUT2D eigenvalue weighted by Crippen LogP contribution is 2.31. The van der Waals surface area contributed by atoms with Gasteiger partial charge in [-0.25, -0.2) is 8.42 Å². The number of aryl methyl sites for hydroxylation is 1. The summed E-state index contributed by atoms with van der Waals surface area (Å²) in [4.78, 5) is 29.5. The number of sulfonamides is 1. The van der Waals surface area contributed by atoms with Crippen LogP contribution < -0.4 is 14.4 Å². The maximum atomic E-state index is 14.2. The minimum Gasteiger partial charge on any atom is -0.495 e. The lowest BCUT2D eigenvalue weighted by atomic mass is 10.0. The Balaban J connectivity index is 2.12. The molecule has 0 aromatic heterocycles. The van der Waals surface area contributed by atoms with Gasteiger partial charge in [0.1, 0.15) is 18.3 Å². The third-order valence-corrected chi connectivity index (χ3v) is 7.91. The van der Waals surface area contributed by atoms with Crippen LogP contribution in [0, 0.1) is 6.92 Å². The molecule has 0 bridgehead atoms. The maximum Gasteiger partial charge on any atom is 0.244 e. The molecule has 1 atom stereocenters. The molecular formula is C31H38BrN3O5S. The number of hydrogen-bond donors (Lipinski definition) is 1. The van der Waals surface area contributed by atoms with E-state index in [1.54, 1.807) is 18.2 Å². The number of anilines is 1. The summed E-state index contributed by atoms with van der Waals surface area (Å²) in [7, 11) is -2.46. The van der Waals surface area contributed by atoms with Crippen molar-refractivity contribution >= 4 is 43.5 Å². The van der Waals surface area contributed by atoms with Gasteiger partial charge in [0.05, 0.1) is 19.1 Å². The first-order chi connectivity index (χ1) is 19.2. The molecule has 3 aromatic carbocycles. The molecule has 0 fully saturated rings. The van der Waals surface area contributed by atoms with Crippen LogP contribution >= 0.6 is 15.9 Å². The monoisotopic (exact) mass is 643 g/mol. The fourth-order valence-corrected chi connectivity index (χ4v) is 5.72. The predicted molar refractivity (Wildman–Crippen MR) is 166 cm³/mol. The summed E-state index contributed by atoms with van der Waals surface area (Å²) >= 11 is 3.48. The highest BCUT2D eigenvalue weighted by molar-refractivity contribution is 9.10. The lowest BCUT2D eigenvalue weighted by molar-refractivity contribution is -0.140. The molecule has 8 nitrogen and oxygen atoms in total. The van der Waals surface area contributed by atoms with Crippen LogP contribution in [0.1, 0.15) is 37.5 Å². The van der Waals surface area contributed by atoms with Gasteiger partial charge in [-0.2, -0.15) is 0 Å². The van der Waals surface area contributed by atoms with Gasteiger partial charge >= 0.3 is 0 Å². The number of rotatable bonds is 11. The average molecular weight is 645 g/mol. The zero-order valence-electron chi connectivity index (χ0n) is 24.3. The zero-order chi connectivity index (χ0) is 30.4. The minimum absolute atomic E-state index is 0.0931. The van der Waals surface area contributed by atoms with Crippen molar-refractivity contribution in [2.45, 2.75) is 52.2 Å². The number of amides is 2. The van der Waals surface area contributed by atoms with Crippen LogP contribution in [-0.2, 0) is 32.6 Å². The van der Waals surface area contributed by atoms with Crippen LogP contribution in [0.3, 0.4) is 0 Å². The molecule has 0 spiro atoms. The molecule has 0 saturated heterocycles. The molecule has 10 heteroatoms. The van der Waals surface area contributed by atoms with Crippen LogP contribution in [-0.4, -0.2) is 56.6 Å². The summed E-state index contributed by atoms with van der Waals surface area (Å²) in [6, 6.07) is 21.1. The highest BCUT2D eigenvalue weighted by Gasteiger charge is 2.35. The van der Waals surface area contributed by atoms with E-state index in [2.05, 4.69) is 21.2 Å². The Morgan fingerprint density at radius 1 is 0.976 bits per heavy atom. The minimum atomic E-state index is -3.91. The predicted octanol–water partition coefficient (Wildman–Crippen LogP) is 5.09. The molecule has 0 aliphatic rings. The van der Waals surface area contributed by atoms with Crippen molar-refractivity contribution in [1.29, 1.82) is 0 Å². The van der Waals surface area contributed by atoms with Gasteiger partial charge in [-0.05, 0) is 68.7 Å². The van der Waals surface area contributed by atoms with Crippen LogP contribution in [0.2, 0.25) is 0 Å². The van der Waals surface area contributed by atoms with Crippen molar-refractivity contribution in [2.75, 3.05) is 24.2 Å². The number of nitrogens with zero attached hydrogens (tertiary/aromatic N) is 2. The summed E-state index contributed by atoms with van der Waals surface area (Å²) in [5.74, 6) is -0.536. The molecule has 220 valence electrons. The SMILES string of the molecule is COc1ccc(C)cc1N(CC(=O)N(Cc1cccc(Br)c1)C(Cc1ccccc1)C(=O)NC(C)(C)C)S(C)(=O)=O. The summed E-state index contributed by atoms with van der Waals surface area (Å²) in [5, 5.41) is 3.02. The van der Waals surface area contributed by atoms with Crippen molar-refractivity contribution in [3.05, 3.63) is 94.0 Å². The molecule has 41 heavy (non-hydrogen) atoms. The Labute approximate surface area is 251 Å². The third-order valence-electron chi connectivity index (χ3n) is 6.29. The molecule has 3 aromatic rings. The van der Waals surface area contributed by atoms with Crippen molar-refractivity contribution in [3.8, 4) is 5.75 Å². The summed E-state index contributed by atoms with van der Waals surface area (Å²) < 4.78 is 33.4. The fraction of sp³-hybridized carbons (Fsp3) is 0.355. The number of hydrogen-bond acceptors (Lipinski definition) is 5. The van der Waals surface area contributed by atoms with Crippen LogP contribution in [0.5, 0.6) is 5.75 Å². The number of nitrogens with one attached hydrogen (secondary N) is 1. The number of ether oxygens (including phenoxy) is 1. The first kappa shape index (κ1) is 32.1. The molecule has 1 N–H and O–H groups in total. The second-order valence-electron chi connectivity index (χ2n) is 11.0. The third kappa shape index (κ3) is 9.33. The molecule has 0 heterocycles. The second kappa shape index (κ2) is 13.5. The van der Waals surface area contributed by atoms with E-state index in [4.69, 9.17) is 4.74 Å². The van der Waals surface area contributed by atoms with Crippen molar-refractivity contribution in [1.82, 2.24) is 10.2 Å². The molecule has 0 aliphatic carbocycles. The van der Waals surface area contributed by atoms with Gasteiger partial charge < -0.3 is 15.0 Å². The van der Waals surface area contributed by atoms with Crippen LogP contribution in [0.4, 0.5) is 5.69 Å². The Hall–Kier alpha value is -3.37. The first-order valence-electron chi connectivity index (χ1n) is 13.2. The van der Waals surface area contributed by atoms with Crippen LogP contribution in [0.25, 0.3) is 0 Å². The number of methoxy groups -OCH3 is 1. The van der Waals surface area contributed by atoms with E-state index in [0.29, 0.717) is 5.75 Å². The summed E-state index contributed by atoms with van der Waals surface area (Å²) in [6.07, 6.45) is 1.30. The second-order valence-corrected chi connectivity index (χ2v) is 13.9. The van der Waals surface area contributed by atoms with Gasteiger partial charge in [0.15, 0.2) is 0 Å². The summed E-state index contributed by atoms with van der Waals surface area (Å²) in [6.45, 7) is 7.04. The van der Waals surface area contributed by atoms with Crippen molar-refractivity contribution < 1.29 is 22.7 Å². The van der Waals surface area contributed by atoms with Gasteiger partial charge in [-0.1, -0.05) is 64.5 Å². The van der Waals surface area contributed by atoms with E-state index < -0.39 is 34.1 Å². The van der Waals surface area contributed by atoms with Crippen LogP contribution in [0.15, 0.2) is 77.3 Å². The van der Waals surface area contributed by atoms with Crippen molar-refractivity contribution in [3.63, 3.8) is 0 Å². The van der Waals surface area contributed by atoms with E-state index >= 15 is 0 Å². The standard InChI is InChI=1S/C31H38BrN3O5S/c1-22-15-16-28(40-5)26(17-22)35(41(6,38)39)21-29(36)34(20-24-13-10-14-25(32)18-24)27(30(37)33-31(2,3)4)19-23-11-8-7-9-12-23/h7-18,27H,19-21H2,1-6H3,(H,33,37). The molecular weight excluding hydrogens is 606 g/mol. The van der Waals surface area contributed by atoms with E-state index in [9.17, 15) is 18.0 Å². The molecule has 2 amide bonds. The Bertz CT molecular complexity index is 1470. The Morgan fingerprint density at radius 3 is 2.22 bits per heavy atom. The summed E-state index contributed by atoms with van der Waals surface area (Å²) in [5.41, 5.74) is 2.16. The van der Waals surface area contributed by atoms with E-state index in [-0.39, 0.29) is 24.6 Å². The maximum absolute atomic E-state index is 14.2. The van der Waals surface area contributed by atoms with Gasteiger partial charge in [0.2, 0.25) is 21.8 Å². The number of carbonyl (C=O) groups is 2. The number of carbonyl (C=O) groups excluding carboxylic acids is 2. The lowest BCUT2D eigenvalue weighted by Crippen LogP contribution is -2.56. The molecule has 0 radical (unpaired) electrons. The topological polar surface area (TPSA) is 96.0 Å². The first-order valence-corrected chi connectivity index (χ1v) is 15.8. The number of halogens is 1. The molecule has 0 aliphatic heterocycles. The highest BCUT2D eigenvalue weighted by atomic mass is 79.9. The molecule has 0 saturated carbocycles. The molecule has 1 unspecified atom stereocenters. The normalized spacial score (nSPS) is 12.4. The van der Waals surface area contributed by atoms with Crippen molar-refractivity contribution in [2.24, 2.45) is 0 Å². The number of benzene rings is 3. The smallest absolute Gasteiger partial charge is 0.244 e. The Morgan fingerprint density at radius 2 is 1.63 bits per heavy atom. The van der Waals surface area contributed by atoms with Gasteiger partial charge in [-0.3, -0.25) is 13.9 Å². The largest absolute Gasteiger partial charge is 0.495 e. The average Bonchev–Trinajstić information content (AvgIpc) is 2.88. The van der Waals surface area contributed by atoms with Gasteiger partial charge in [-0.15, -0.1) is 0 Å². The quantitative estimate of drug-likeness (QED) is 0.314. The van der Waals surface area contributed by atoms with E-state index in [1.165, 1.54) is 12.0 Å². The van der Waals surface area contributed by atoms with Gasteiger partial charge in [0.25, 0.3) is 0 Å². The molecule has 3 rings (SSSR count). The van der Waals surface area contributed by atoms with E-state index in [0.717, 1.165) is 31.7 Å². The lowest BCUT2D eigenvalue weighted by Gasteiger charge is -2.35. The van der Waals surface area contributed by atoms with Gasteiger partial charge in [0, 0.05) is 23.0 Å². The zero-order valence-corrected chi connectivity index (χ0v) is 26.8. The fourth-order valence-electron chi connectivity index (χ4n) is 4.43.